The lowest BCUT2D eigenvalue weighted by Crippen LogP contribution is -2.52. The Morgan fingerprint density at radius 1 is 1.29 bits per heavy atom. The Morgan fingerprint density at radius 3 is 2.12 bits per heavy atom. The van der Waals surface area contributed by atoms with E-state index in [9.17, 15) is 4.79 Å². The van der Waals surface area contributed by atoms with E-state index in [0.717, 1.165) is 6.42 Å². The van der Waals surface area contributed by atoms with Crippen molar-refractivity contribution < 1.29 is 9.53 Å². The van der Waals surface area contributed by atoms with Crippen molar-refractivity contribution in [2.24, 2.45) is 5.92 Å². The Morgan fingerprint density at radius 2 is 1.82 bits per heavy atom. The highest BCUT2D eigenvalue weighted by molar-refractivity contribution is 5.68. The number of ether oxygens (including phenoxy) is 1. The Kier molecular flexibility index (Phi) is 6.53. The van der Waals surface area contributed by atoms with E-state index in [1.165, 1.54) is 0 Å². The summed E-state index contributed by atoms with van der Waals surface area (Å²) in [5, 5.41) is 6.18. The molecule has 0 aromatic carbocycles. The second-order valence-electron chi connectivity index (χ2n) is 5.72. The summed E-state index contributed by atoms with van der Waals surface area (Å²) < 4.78 is 5.28. The number of amides is 1. The molecule has 0 aliphatic carbocycles. The van der Waals surface area contributed by atoms with Gasteiger partial charge < -0.3 is 15.4 Å². The number of carbonyl (C=O) groups is 1. The molecule has 0 aromatic heterocycles. The zero-order valence-corrected chi connectivity index (χ0v) is 12.3. The molecule has 17 heavy (non-hydrogen) atoms. The molecule has 4 nitrogen and oxygen atoms in total. The van der Waals surface area contributed by atoms with Gasteiger partial charge in [-0.05, 0) is 40.2 Å². The normalized spacial score (nSPS) is 15.5. The molecule has 0 aliphatic heterocycles. The van der Waals surface area contributed by atoms with Crippen LogP contribution >= 0.6 is 0 Å². The van der Waals surface area contributed by atoms with Gasteiger partial charge in [-0.3, -0.25) is 0 Å². The predicted molar refractivity (Wildman–Crippen MR) is 71.1 cm³/mol. The van der Waals surface area contributed by atoms with Crippen LogP contribution < -0.4 is 10.6 Å². The van der Waals surface area contributed by atoms with Gasteiger partial charge in [-0.15, -0.1) is 0 Å². The topological polar surface area (TPSA) is 50.4 Å². The molecule has 102 valence electrons. The number of hydrogen-bond donors (Lipinski definition) is 2. The van der Waals surface area contributed by atoms with Crippen molar-refractivity contribution >= 4 is 6.09 Å². The molecule has 0 saturated carbocycles. The fourth-order valence-corrected chi connectivity index (χ4v) is 1.81. The van der Waals surface area contributed by atoms with E-state index in [1.54, 1.807) is 0 Å². The fourth-order valence-electron chi connectivity index (χ4n) is 1.81. The lowest BCUT2D eigenvalue weighted by molar-refractivity contribution is 0.0475. The summed E-state index contributed by atoms with van der Waals surface area (Å²) in [5.74, 6) is 0.361. The highest BCUT2D eigenvalue weighted by Gasteiger charge is 2.26. The largest absolute Gasteiger partial charge is 0.444 e. The first-order valence-corrected chi connectivity index (χ1v) is 6.38. The number of alkyl carbamates (subject to hydrolysis) is 1. The van der Waals surface area contributed by atoms with Crippen molar-refractivity contribution in [3.8, 4) is 0 Å². The Labute approximate surface area is 105 Å². The molecular formula is C13H28N2O2. The van der Waals surface area contributed by atoms with Crippen LogP contribution in [0.1, 0.15) is 48.0 Å². The molecule has 0 aliphatic rings. The summed E-state index contributed by atoms with van der Waals surface area (Å²) in [6.07, 6.45) is 0.625. The van der Waals surface area contributed by atoms with Gasteiger partial charge in [-0.2, -0.15) is 0 Å². The first-order chi connectivity index (χ1) is 7.71. The van der Waals surface area contributed by atoms with Crippen molar-refractivity contribution in [2.45, 2.75) is 65.6 Å². The average Bonchev–Trinajstić information content (AvgIpc) is 2.14. The van der Waals surface area contributed by atoms with E-state index in [4.69, 9.17) is 4.74 Å². The average molecular weight is 244 g/mol. The van der Waals surface area contributed by atoms with Gasteiger partial charge in [0, 0.05) is 12.1 Å². The van der Waals surface area contributed by atoms with Crippen LogP contribution in [0.4, 0.5) is 4.79 Å². The number of carbonyl (C=O) groups excluding carboxylic acids is 1. The highest BCUT2D eigenvalue weighted by Crippen LogP contribution is 2.12. The lowest BCUT2D eigenvalue weighted by atomic mass is 9.95. The molecule has 0 rings (SSSR count). The summed E-state index contributed by atoms with van der Waals surface area (Å²) in [4.78, 5) is 11.7. The molecule has 2 N–H and O–H groups in total. The molecule has 0 heterocycles. The fraction of sp³-hybridized carbons (Fsp3) is 0.923. The minimum atomic E-state index is -0.451. The first kappa shape index (κ1) is 16.2. The van der Waals surface area contributed by atoms with Gasteiger partial charge in [0.15, 0.2) is 0 Å². The van der Waals surface area contributed by atoms with E-state index in [0.29, 0.717) is 5.92 Å². The molecule has 4 heteroatoms. The Balaban J connectivity index is 4.50. The molecule has 0 bridgehead atoms. The van der Waals surface area contributed by atoms with Gasteiger partial charge >= 0.3 is 6.09 Å². The summed E-state index contributed by atoms with van der Waals surface area (Å²) in [5.41, 5.74) is -0.451. The number of rotatable bonds is 5. The standard InChI is InChI=1S/C13H28N2O2/c1-8-10(14-7)11(9(2)3)15-12(16)17-13(4,5)6/h9-11,14H,8H2,1-7H3,(H,15,16)/t10-,11-/m1/s1. The van der Waals surface area contributed by atoms with Gasteiger partial charge in [-0.25, -0.2) is 4.79 Å². The van der Waals surface area contributed by atoms with Crippen molar-refractivity contribution in [2.75, 3.05) is 7.05 Å². The van der Waals surface area contributed by atoms with E-state index in [1.807, 2.05) is 27.8 Å². The zero-order valence-electron chi connectivity index (χ0n) is 12.3. The molecule has 0 saturated heterocycles. The predicted octanol–water partition coefficient (Wildman–Crippen LogP) is 2.53. The molecule has 0 unspecified atom stereocenters. The van der Waals surface area contributed by atoms with Gasteiger partial charge in [-0.1, -0.05) is 20.8 Å². The second-order valence-corrected chi connectivity index (χ2v) is 5.72. The lowest BCUT2D eigenvalue weighted by Gasteiger charge is -2.31. The summed E-state index contributed by atoms with van der Waals surface area (Å²) in [6.45, 7) is 11.9. The summed E-state index contributed by atoms with van der Waals surface area (Å²) >= 11 is 0. The van der Waals surface area contributed by atoms with Crippen LogP contribution in [0.25, 0.3) is 0 Å². The Bertz CT molecular complexity index is 230. The highest BCUT2D eigenvalue weighted by atomic mass is 16.6. The number of hydrogen-bond acceptors (Lipinski definition) is 3. The van der Waals surface area contributed by atoms with Crippen LogP contribution in [0.3, 0.4) is 0 Å². The summed E-state index contributed by atoms with van der Waals surface area (Å²) in [7, 11) is 1.92. The third-order valence-corrected chi connectivity index (χ3v) is 2.65. The van der Waals surface area contributed by atoms with Crippen LogP contribution in [0.2, 0.25) is 0 Å². The SMILES string of the molecule is CC[C@@H](NC)[C@H](NC(=O)OC(C)(C)C)C(C)C. The third kappa shape index (κ3) is 6.51. The van der Waals surface area contributed by atoms with Crippen LogP contribution in [-0.4, -0.2) is 30.8 Å². The quantitative estimate of drug-likeness (QED) is 0.781. The number of nitrogens with one attached hydrogen (secondary N) is 2. The van der Waals surface area contributed by atoms with E-state index < -0.39 is 5.60 Å². The van der Waals surface area contributed by atoms with Crippen molar-refractivity contribution in [3.05, 3.63) is 0 Å². The van der Waals surface area contributed by atoms with Gasteiger partial charge in [0.25, 0.3) is 0 Å². The van der Waals surface area contributed by atoms with Gasteiger partial charge in [0.2, 0.25) is 0 Å². The smallest absolute Gasteiger partial charge is 0.407 e. The second kappa shape index (κ2) is 6.84. The Hall–Kier alpha value is -0.770. The molecule has 0 fully saturated rings. The molecule has 2 atom stereocenters. The third-order valence-electron chi connectivity index (χ3n) is 2.65. The maximum Gasteiger partial charge on any atom is 0.407 e. The van der Waals surface area contributed by atoms with E-state index >= 15 is 0 Å². The molecule has 0 aromatic rings. The summed E-state index contributed by atoms with van der Waals surface area (Å²) in [6, 6.07) is 0.349. The van der Waals surface area contributed by atoms with Gasteiger partial charge in [0.1, 0.15) is 5.60 Å². The van der Waals surface area contributed by atoms with Crippen LogP contribution in [-0.2, 0) is 4.74 Å². The monoisotopic (exact) mass is 244 g/mol. The zero-order chi connectivity index (χ0) is 13.6. The van der Waals surface area contributed by atoms with Crippen molar-refractivity contribution in [3.63, 3.8) is 0 Å². The molecule has 0 radical (unpaired) electrons. The molecule has 1 amide bonds. The van der Waals surface area contributed by atoms with Crippen molar-refractivity contribution in [1.82, 2.24) is 10.6 Å². The first-order valence-electron chi connectivity index (χ1n) is 6.38. The van der Waals surface area contributed by atoms with Crippen LogP contribution in [0, 0.1) is 5.92 Å². The van der Waals surface area contributed by atoms with Crippen molar-refractivity contribution in [1.29, 1.82) is 0 Å². The van der Waals surface area contributed by atoms with E-state index in [2.05, 4.69) is 31.4 Å². The van der Waals surface area contributed by atoms with Crippen LogP contribution in [0.15, 0.2) is 0 Å². The maximum absolute atomic E-state index is 11.7. The van der Waals surface area contributed by atoms with E-state index in [-0.39, 0.29) is 18.2 Å². The van der Waals surface area contributed by atoms with Crippen LogP contribution in [0.5, 0.6) is 0 Å². The minimum Gasteiger partial charge on any atom is -0.444 e. The van der Waals surface area contributed by atoms with Gasteiger partial charge in [0.05, 0.1) is 0 Å². The minimum absolute atomic E-state index is 0.0832. The maximum atomic E-state index is 11.7. The number of likely N-dealkylation sites (N-methyl/N-ethyl adjacent to an activating group) is 1. The molecule has 0 spiro atoms. The molecular weight excluding hydrogens is 216 g/mol.